The Morgan fingerprint density at radius 1 is 1.08 bits per heavy atom. The first-order valence-corrected chi connectivity index (χ1v) is 8.87. The molecule has 1 N–H and O–H groups in total. The Balaban J connectivity index is 1.66. The van der Waals surface area contributed by atoms with Crippen LogP contribution in [0.5, 0.6) is 11.5 Å². The lowest BCUT2D eigenvalue weighted by molar-refractivity contribution is 0.235. The van der Waals surface area contributed by atoms with Crippen molar-refractivity contribution in [3.8, 4) is 11.5 Å². The summed E-state index contributed by atoms with van der Waals surface area (Å²) in [6.07, 6.45) is 0. The second-order valence-electron chi connectivity index (χ2n) is 4.91. The van der Waals surface area contributed by atoms with E-state index in [1.807, 2.05) is 0 Å². The zero-order chi connectivity index (χ0) is 18.0. The van der Waals surface area contributed by atoms with E-state index in [-0.39, 0.29) is 6.67 Å². The highest BCUT2D eigenvalue weighted by Crippen LogP contribution is 2.39. The lowest BCUT2D eigenvalue weighted by Gasteiger charge is -2.18. The van der Waals surface area contributed by atoms with Gasteiger partial charge in [0, 0.05) is 22.7 Å². The summed E-state index contributed by atoms with van der Waals surface area (Å²) < 4.78 is 17.3. The van der Waals surface area contributed by atoms with Gasteiger partial charge in [-0.2, -0.15) is 14.2 Å². The van der Waals surface area contributed by atoms with Gasteiger partial charge in [0.1, 0.15) is 11.5 Å². The monoisotopic (exact) mass is 421 g/mol. The van der Waals surface area contributed by atoms with E-state index in [1.54, 1.807) is 48.5 Å². The van der Waals surface area contributed by atoms with Gasteiger partial charge in [-0.15, -0.1) is 0 Å². The zero-order valence-corrected chi connectivity index (χ0v) is 15.5. The maximum absolute atomic E-state index is 13.2. The molecular formula is C15H11Cl3FN3O2S. The molecule has 3 rings (SSSR count). The number of urea groups is 1. The van der Waals surface area contributed by atoms with Crippen molar-refractivity contribution < 1.29 is 13.9 Å². The number of carbonyl (C=O) groups is 1. The number of nitrogens with one attached hydrogen (secondary N) is 1. The minimum Gasteiger partial charge on any atom is -0.457 e. The number of ether oxygens (including phenoxy) is 1. The molecule has 1 aliphatic rings. The Bertz CT molecular complexity index is 756. The SMILES string of the molecule is O=C1N(SC(F)(Cl)Cl)NCN1c1ccc(Oc2ccc(Cl)cc2)cc1. The van der Waals surface area contributed by atoms with E-state index >= 15 is 0 Å². The first-order chi connectivity index (χ1) is 11.8. The van der Waals surface area contributed by atoms with Gasteiger partial charge in [-0.05, 0) is 48.5 Å². The van der Waals surface area contributed by atoms with Gasteiger partial charge in [-0.3, -0.25) is 4.90 Å². The van der Waals surface area contributed by atoms with Crippen LogP contribution in [-0.2, 0) is 0 Å². The molecule has 0 aromatic heterocycles. The Labute approximate surface area is 162 Å². The van der Waals surface area contributed by atoms with Crippen molar-refractivity contribution in [2.75, 3.05) is 11.6 Å². The topological polar surface area (TPSA) is 44.8 Å². The highest BCUT2D eigenvalue weighted by molar-refractivity contribution is 8.01. The third-order valence-electron chi connectivity index (χ3n) is 3.17. The molecule has 0 aliphatic carbocycles. The van der Waals surface area contributed by atoms with E-state index in [0.717, 1.165) is 4.41 Å². The first kappa shape index (κ1) is 18.4. The van der Waals surface area contributed by atoms with E-state index < -0.39 is 9.95 Å². The quantitative estimate of drug-likeness (QED) is 0.507. The number of carbonyl (C=O) groups excluding carboxylic acids is 1. The van der Waals surface area contributed by atoms with Crippen LogP contribution in [0.1, 0.15) is 0 Å². The maximum atomic E-state index is 13.2. The number of alkyl halides is 3. The summed E-state index contributed by atoms with van der Waals surface area (Å²) in [6, 6.07) is 13.3. The molecule has 0 bridgehead atoms. The average molecular weight is 423 g/mol. The van der Waals surface area contributed by atoms with Crippen molar-refractivity contribution in [3.63, 3.8) is 0 Å². The molecule has 0 saturated carbocycles. The zero-order valence-electron chi connectivity index (χ0n) is 12.5. The maximum Gasteiger partial charge on any atom is 0.350 e. The van der Waals surface area contributed by atoms with Crippen molar-refractivity contribution in [3.05, 3.63) is 53.6 Å². The number of hydrogen-bond donors (Lipinski definition) is 1. The highest BCUT2D eigenvalue weighted by atomic mass is 35.5. The van der Waals surface area contributed by atoms with Gasteiger partial charge in [-0.25, -0.2) is 4.79 Å². The lowest BCUT2D eigenvalue weighted by Crippen LogP contribution is -2.31. The van der Waals surface area contributed by atoms with E-state index in [0.29, 0.717) is 34.2 Å². The van der Waals surface area contributed by atoms with Crippen molar-refractivity contribution >= 4 is 58.5 Å². The lowest BCUT2D eigenvalue weighted by atomic mass is 10.3. The molecule has 2 aromatic rings. The summed E-state index contributed by atoms with van der Waals surface area (Å²) in [5.74, 6) is 1.24. The number of benzene rings is 2. The Morgan fingerprint density at radius 2 is 1.64 bits per heavy atom. The van der Waals surface area contributed by atoms with E-state index in [1.165, 1.54) is 4.90 Å². The van der Waals surface area contributed by atoms with Crippen molar-refractivity contribution in [1.29, 1.82) is 0 Å². The molecule has 0 radical (unpaired) electrons. The van der Waals surface area contributed by atoms with E-state index in [4.69, 9.17) is 39.5 Å². The molecule has 2 aromatic carbocycles. The van der Waals surface area contributed by atoms with Crippen LogP contribution in [0.3, 0.4) is 0 Å². The fraction of sp³-hybridized carbons (Fsp3) is 0.133. The van der Waals surface area contributed by atoms with Crippen molar-refractivity contribution in [2.45, 2.75) is 3.92 Å². The van der Waals surface area contributed by atoms with Gasteiger partial charge in [-0.1, -0.05) is 34.8 Å². The number of anilines is 1. The van der Waals surface area contributed by atoms with Gasteiger partial charge in [0.05, 0.1) is 6.67 Å². The number of rotatable bonds is 5. The number of halogens is 4. The van der Waals surface area contributed by atoms with E-state index in [2.05, 4.69) is 5.43 Å². The molecule has 0 atom stereocenters. The van der Waals surface area contributed by atoms with Crippen LogP contribution < -0.4 is 15.1 Å². The number of amides is 2. The minimum absolute atomic E-state index is 0.160. The summed E-state index contributed by atoms with van der Waals surface area (Å²) in [7, 11) is 0. The summed E-state index contributed by atoms with van der Waals surface area (Å²) in [4.78, 5) is 13.6. The van der Waals surface area contributed by atoms with Gasteiger partial charge >= 0.3 is 9.95 Å². The average Bonchev–Trinajstić information content (AvgIpc) is 2.90. The summed E-state index contributed by atoms with van der Waals surface area (Å²) in [5, 5.41) is 0.622. The standard InChI is InChI=1S/C15H11Cl3FN3O2S/c16-10-1-5-12(6-2-10)24-13-7-3-11(4-8-13)21-9-20-22(14(21)23)25-15(17,18)19/h1-8,20H,9H2. The molecule has 1 aliphatic heterocycles. The molecule has 0 spiro atoms. The van der Waals surface area contributed by atoms with Crippen molar-refractivity contribution in [1.82, 2.24) is 9.84 Å². The number of hydrogen-bond acceptors (Lipinski definition) is 4. The predicted octanol–water partition coefficient (Wildman–Crippen LogP) is 5.54. The van der Waals surface area contributed by atoms with Crippen LogP contribution in [0.4, 0.5) is 14.9 Å². The molecule has 5 nitrogen and oxygen atoms in total. The van der Waals surface area contributed by atoms with Crippen LogP contribution in [-0.4, -0.2) is 21.0 Å². The molecule has 1 heterocycles. The van der Waals surface area contributed by atoms with Gasteiger partial charge in [0.2, 0.25) is 0 Å². The minimum atomic E-state index is -2.60. The van der Waals surface area contributed by atoms with E-state index in [9.17, 15) is 9.18 Å². The fourth-order valence-electron chi connectivity index (χ4n) is 2.09. The van der Waals surface area contributed by atoms with Crippen LogP contribution in [0.25, 0.3) is 0 Å². The summed E-state index contributed by atoms with van der Waals surface area (Å²) in [6.45, 7) is 0.160. The fourth-order valence-corrected chi connectivity index (χ4v) is 3.14. The summed E-state index contributed by atoms with van der Waals surface area (Å²) >= 11 is 16.7. The molecule has 0 unspecified atom stereocenters. The molecule has 10 heteroatoms. The van der Waals surface area contributed by atoms with Crippen LogP contribution in [0.15, 0.2) is 48.5 Å². The largest absolute Gasteiger partial charge is 0.457 e. The van der Waals surface area contributed by atoms with Crippen molar-refractivity contribution in [2.24, 2.45) is 0 Å². The predicted molar refractivity (Wildman–Crippen MR) is 98.8 cm³/mol. The normalized spacial score (nSPS) is 15.0. The molecule has 25 heavy (non-hydrogen) atoms. The molecule has 1 fully saturated rings. The third-order valence-corrected chi connectivity index (χ3v) is 4.51. The van der Waals surface area contributed by atoms with Crippen LogP contribution in [0, 0.1) is 0 Å². The van der Waals surface area contributed by atoms with Gasteiger partial charge in [0.15, 0.2) is 0 Å². The first-order valence-electron chi connectivity index (χ1n) is 6.96. The molecular weight excluding hydrogens is 412 g/mol. The number of hydrazine groups is 1. The van der Waals surface area contributed by atoms with Crippen LogP contribution >= 0.6 is 46.8 Å². The molecule has 132 valence electrons. The summed E-state index contributed by atoms with van der Waals surface area (Å²) in [5.41, 5.74) is 3.30. The third kappa shape index (κ3) is 4.83. The molecule has 1 saturated heterocycles. The Morgan fingerprint density at radius 3 is 2.20 bits per heavy atom. The Kier molecular flexibility index (Phi) is 5.50. The second kappa shape index (κ2) is 7.47. The highest BCUT2D eigenvalue weighted by Gasteiger charge is 2.37. The van der Waals surface area contributed by atoms with Crippen LogP contribution in [0.2, 0.25) is 5.02 Å². The Hall–Kier alpha value is -1.38. The van der Waals surface area contributed by atoms with Gasteiger partial charge in [0.25, 0.3) is 0 Å². The smallest absolute Gasteiger partial charge is 0.350 e. The second-order valence-corrected chi connectivity index (χ2v) is 8.14. The molecule has 2 amide bonds. The number of nitrogens with zero attached hydrogens (tertiary/aromatic N) is 2. The van der Waals surface area contributed by atoms with Gasteiger partial charge < -0.3 is 4.74 Å².